The number of para-hydroxylation sites is 1. The number of aromatic amines is 1. The van der Waals surface area contributed by atoms with Crippen molar-refractivity contribution < 1.29 is 4.79 Å². The highest BCUT2D eigenvalue weighted by Crippen LogP contribution is 2.25. The lowest BCUT2D eigenvalue weighted by Gasteiger charge is -2.13. The van der Waals surface area contributed by atoms with Crippen LogP contribution < -0.4 is 11.1 Å². The van der Waals surface area contributed by atoms with Gasteiger partial charge < -0.3 is 11.1 Å². The monoisotopic (exact) mass is 330 g/mol. The molecule has 3 aromatic rings. The maximum Gasteiger partial charge on any atom is 0.252 e. The van der Waals surface area contributed by atoms with E-state index in [4.69, 9.17) is 17.3 Å². The number of nitrogens with one attached hydrogen (secondary N) is 2. The summed E-state index contributed by atoms with van der Waals surface area (Å²) < 4.78 is 0. The number of halogens is 1. The number of aromatic nitrogens is 4. The Labute approximate surface area is 137 Å². The van der Waals surface area contributed by atoms with E-state index < -0.39 is 0 Å². The molecular weight excluding hydrogens is 316 g/mol. The molecule has 0 fully saturated rings. The van der Waals surface area contributed by atoms with Gasteiger partial charge in [-0.2, -0.15) is 4.98 Å². The molecule has 1 atom stereocenters. The highest BCUT2D eigenvalue weighted by Gasteiger charge is 2.18. The van der Waals surface area contributed by atoms with E-state index >= 15 is 0 Å². The Morgan fingerprint density at radius 3 is 2.87 bits per heavy atom. The Hall–Kier alpha value is -2.67. The van der Waals surface area contributed by atoms with Crippen LogP contribution in [0, 0.1) is 6.92 Å². The first-order chi connectivity index (χ1) is 11.0. The van der Waals surface area contributed by atoms with Crippen LogP contribution in [0.1, 0.15) is 34.8 Å². The Balaban J connectivity index is 1.96. The molecule has 0 aliphatic carbocycles. The van der Waals surface area contributed by atoms with Crippen LogP contribution in [0.15, 0.2) is 24.3 Å². The van der Waals surface area contributed by atoms with Crippen molar-refractivity contribution >= 4 is 34.4 Å². The minimum atomic E-state index is -0.366. The third-order valence-electron chi connectivity index (χ3n) is 3.44. The largest absolute Gasteiger partial charge is 0.367 e. The molecule has 1 amide bonds. The molecule has 3 rings (SSSR count). The number of aryl methyl sites for hydroxylation is 1. The van der Waals surface area contributed by atoms with Crippen molar-refractivity contribution in [3.63, 3.8) is 0 Å². The third-order valence-corrected chi connectivity index (χ3v) is 3.75. The standard InChI is InChI=1S/C15H15ClN6O/c1-7-6-10(9-4-3-5-11(16)12(9)18-7)14(23)19-8(2)13-20-15(17)22-21-13/h3-6,8H,1-2H3,(H,19,23)(H3,17,20,21,22). The lowest BCUT2D eigenvalue weighted by molar-refractivity contribution is 0.0940. The summed E-state index contributed by atoms with van der Waals surface area (Å²) in [5.74, 6) is 0.382. The Morgan fingerprint density at radius 2 is 2.17 bits per heavy atom. The zero-order chi connectivity index (χ0) is 16.6. The first-order valence-electron chi connectivity index (χ1n) is 7.00. The summed E-state index contributed by atoms with van der Waals surface area (Å²) in [5, 5.41) is 10.5. The fraction of sp³-hybridized carbons (Fsp3) is 0.200. The summed E-state index contributed by atoms with van der Waals surface area (Å²) in [6.45, 7) is 3.61. The second-order valence-electron chi connectivity index (χ2n) is 5.22. The van der Waals surface area contributed by atoms with E-state index in [9.17, 15) is 4.79 Å². The van der Waals surface area contributed by atoms with E-state index in [0.717, 1.165) is 0 Å². The number of pyridine rings is 1. The van der Waals surface area contributed by atoms with E-state index in [1.54, 1.807) is 25.1 Å². The third kappa shape index (κ3) is 2.95. The molecule has 1 unspecified atom stereocenters. The zero-order valence-corrected chi connectivity index (χ0v) is 13.3. The van der Waals surface area contributed by atoms with Crippen LogP contribution in [-0.2, 0) is 0 Å². The Kier molecular flexibility index (Phi) is 3.87. The van der Waals surface area contributed by atoms with Crippen molar-refractivity contribution in [2.75, 3.05) is 5.73 Å². The molecule has 0 saturated carbocycles. The van der Waals surface area contributed by atoms with Crippen LogP contribution in [0.4, 0.5) is 5.95 Å². The van der Waals surface area contributed by atoms with Crippen molar-refractivity contribution in [1.29, 1.82) is 0 Å². The summed E-state index contributed by atoms with van der Waals surface area (Å²) in [5.41, 5.74) is 7.31. The van der Waals surface area contributed by atoms with Crippen LogP contribution >= 0.6 is 11.6 Å². The van der Waals surface area contributed by atoms with Gasteiger partial charge >= 0.3 is 0 Å². The molecule has 8 heteroatoms. The number of anilines is 1. The topological polar surface area (TPSA) is 110 Å². The van der Waals surface area contributed by atoms with Gasteiger partial charge in [0.15, 0.2) is 0 Å². The van der Waals surface area contributed by atoms with E-state index in [1.807, 2.05) is 13.0 Å². The number of rotatable bonds is 3. The molecule has 0 radical (unpaired) electrons. The van der Waals surface area contributed by atoms with Gasteiger partial charge in [-0.05, 0) is 26.0 Å². The molecule has 2 heterocycles. The second-order valence-corrected chi connectivity index (χ2v) is 5.63. The number of benzene rings is 1. The van der Waals surface area contributed by atoms with Gasteiger partial charge in [0.1, 0.15) is 5.82 Å². The number of nitrogens with two attached hydrogens (primary N) is 1. The van der Waals surface area contributed by atoms with E-state index in [-0.39, 0.29) is 17.9 Å². The van der Waals surface area contributed by atoms with Crippen LogP contribution in [0.25, 0.3) is 10.9 Å². The van der Waals surface area contributed by atoms with Gasteiger partial charge in [-0.3, -0.25) is 14.9 Å². The van der Waals surface area contributed by atoms with Gasteiger partial charge in [0.2, 0.25) is 5.95 Å². The number of hydrogen-bond donors (Lipinski definition) is 3. The second kappa shape index (κ2) is 5.85. The molecule has 4 N–H and O–H groups in total. The molecular formula is C15H15ClN6O. The van der Waals surface area contributed by atoms with Gasteiger partial charge in [-0.1, -0.05) is 23.7 Å². The number of nitrogens with zero attached hydrogens (tertiary/aromatic N) is 3. The highest BCUT2D eigenvalue weighted by atomic mass is 35.5. The summed E-state index contributed by atoms with van der Waals surface area (Å²) in [6.07, 6.45) is 0. The molecule has 2 aromatic heterocycles. The summed E-state index contributed by atoms with van der Waals surface area (Å²) >= 11 is 6.18. The molecule has 7 nitrogen and oxygen atoms in total. The predicted molar refractivity (Wildman–Crippen MR) is 88.2 cm³/mol. The number of hydrogen-bond acceptors (Lipinski definition) is 5. The molecule has 1 aromatic carbocycles. The van der Waals surface area contributed by atoms with Crippen molar-refractivity contribution in [2.45, 2.75) is 19.9 Å². The molecule has 0 aliphatic heterocycles. The lowest BCUT2D eigenvalue weighted by atomic mass is 10.1. The SMILES string of the molecule is Cc1cc(C(=O)NC(C)c2nc(N)n[nH]2)c2cccc(Cl)c2n1. The lowest BCUT2D eigenvalue weighted by Crippen LogP contribution is -2.27. The fourth-order valence-corrected chi connectivity index (χ4v) is 2.57. The van der Waals surface area contributed by atoms with Crippen LogP contribution in [0.3, 0.4) is 0 Å². The minimum Gasteiger partial charge on any atom is -0.367 e. The predicted octanol–water partition coefficient (Wildman–Crippen LogP) is 2.39. The smallest absolute Gasteiger partial charge is 0.252 e. The maximum atomic E-state index is 12.6. The molecule has 0 spiro atoms. The Morgan fingerprint density at radius 1 is 1.39 bits per heavy atom. The van der Waals surface area contributed by atoms with Crippen LogP contribution in [0.5, 0.6) is 0 Å². The van der Waals surface area contributed by atoms with E-state index in [0.29, 0.717) is 33.0 Å². The molecule has 0 aliphatic rings. The highest BCUT2D eigenvalue weighted by molar-refractivity contribution is 6.35. The van der Waals surface area contributed by atoms with Gasteiger partial charge in [-0.15, -0.1) is 5.10 Å². The summed E-state index contributed by atoms with van der Waals surface area (Å²) in [6, 6.07) is 6.72. The van der Waals surface area contributed by atoms with Crippen molar-refractivity contribution in [1.82, 2.24) is 25.5 Å². The van der Waals surface area contributed by atoms with Gasteiger partial charge in [0.05, 0.1) is 22.1 Å². The summed E-state index contributed by atoms with van der Waals surface area (Å²) in [7, 11) is 0. The fourth-order valence-electron chi connectivity index (χ4n) is 2.35. The number of fused-ring (bicyclic) bond motifs is 1. The zero-order valence-electron chi connectivity index (χ0n) is 12.6. The van der Waals surface area contributed by atoms with E-state index in [2.05, 4.69) is 25.5 Å². The average Bonchev–Trinajstić information content (AvgIpc) is 2.94. The minimum absolute atomic E-state index is 0.137. The number of amides is 1. The van der Waals surface area contributed by atoms with Crippen molar-refractivity contribution in [3.05, 3.63) is 46.4 Å². The van der Waals surface area contributed by atoms with E-state index in [1.165, 1.54) is 0 Å². The first-order valence-corrected chi connectivity index (χ1v) is 7.38. The first kappa shape index (κ1) is 15.2. The van der Waals surface area contributed by atoms with Crippen LogP contribution in [0.2, 0.25) is 5.02 Å². The summed E-state index contributed by atoms with van der Waals surface area (Å²) in [4.78, 5) is 21.1. The molecule has 0 saturated heterocycles. The molecule has 0 bridgehead atoms. The van der Waals surface area contributed by atoms with Gasteiger partial charge in [0, 0.05) is 11.1 Å². The molecule has 118 valence electrons. The van der Waals surface area contributed by atoms with Crippen molar-refractivity contribution in [3.8, 4) is 0 Å². The average molecular weight is 331 g/mol. The van der Waals surface area contributed by atoms with Gasteiger partial charge in [-0.25, -0.2) is 0 Å². The number of carbonyl (C=O) groups is 1. The number of carbonyl (C=O) groups excluding carboxylic acids is 1. The maximum absolute atomic E-state index is 12.6. The Bertz CT molecular complexity index is 891. The normalized spacial score (nSPS) is 12.3. The number of H-pyrrole nitrogens is 1. The van der Waals surface area contributed by atoms with Crippen LogP contribution in [-0.4, -0.2) is 26.1 Å². The number of nitrogen functional groups attached to an aromatic ring is 1. The molecule has 23 heavy (non-hydrogen) atoms. The van der Waals surface area contributed by atoms with Crippen molar-refractivity contribution in [2.24, 2.45) is 0 Å². The quantitative estimate of drug-likeness (QED) is 0.683. The van der Waals surface area contributed by atoms with Gasteiger partial charge in [0.25, 0.3) is 5.91 Å².